The molecule has 1 nitrogen and oxygen atoms in total. The Morgan fingerprint density at radius 3 is 2.60 bits per heavy atom. The standard InChI is InChI=1S/C14H19N/c1-12-7-5-6-8-13(12)11-15-14-9-3-2-4-10-14/h5-8,11,14H,2-4,9-10H2,1H3. The van der Waals surface area contributed by atoms with Gasteiger partial charge in [0.05, 0.1) is 0 Å². The van der Waals surface area contributed by atoms with Crippen LogP contribution in [0.2, 0.25) is 0 Å². The van der Waals surface area contributed by atoms with Crippen LogP contribution in [0.1, 0.15) is 43.2 Å². The molecule has 80 valence electrons. The van der Waals surface area contributed by atoms with E-state index in [9.17, 15) is 0 Å². The number of hydrogen-bond donors (Lipinski definition) is 0. The van der Waals surface area contributed by atoms with Crippen LogP contribution in [0.15, 0.2) is 29.3 Å². The largest absolute Gasteiger partial charge is 0.289 e. The molecule has 0 aliphatic heterocycles. The van der Waals surface area contributed by atoms with Crippen molar-refractivity contribution in [2.45, 2.75) is 45.1 Å². The molecule has 0 heterocycles. The predicted molar refractivity (Wildman–Crippen MR) is 65.6 cm³/mol. The molecule has 2 rings (SSSR count). The minimum atomic E-state index is 0.582. The first-order chi connectivity index (χ1) is 7.36. The van der Waals surface area contributed by atoms with Gasteiger partial charge in [-0.15, -0.1) is 0 Å². The zero-order chi connectivity index (χ0) is 10.5. The van der Waals surface area contributed by atoms with Crippen LogP contribution >= 0.6 is 0 Å². The Hall–Kier alpha value is -1.11. The van der Waals surface area contributed by atoms with Crippen LogP contribution in [0.5, 0.6) is 0 Å². The second-order valence-electron chi connectivity index (χ2n) is 4.43. The molecule has 1 saturated carbocycles. The molecule has 1 aliphatic rings. The van der Waals surface area contributed by atoms with E-state index in [0.29, 0.717) is 6.04 Å². The molecule has 0 spiro atoms. The van der Waals surface area contributed by atoms with E-state index in [1.165, 1.54) is 43.2 Å². The van der Waals surface area contributed by atoms with Gasteiger partial charge in [-0.05, 0) is 30.9 Å². The lowest BCUT2D eigenvalue weighted by molar-refractivity contribution is 0.444. The molecule has 15 heavy (non-hydrogen) atoms. The molecule has 0 radical (unpaired) electrons. The maximum atomic E-state index is 4.69. The second kappa shape index (κ2) is 5.11. The Kier molecular flexibility index (Phi) is 3.54. The molecule has 1 aromatic rings. The minimum Gasteiger partial charge on any atom is -0.289 e. The number of nitrogens with zero attached hydrogens (tertiary/aromatic N) is 1. The monoisotopic (exact) mass is 201 g/mol. The molecule has 1 aliphatic carbocycles. The number of aryl methyl sites for hydroxylation is 1. The van der Waals surface area contributed by atoms with Crippen molar-refractivity contribution < 1.29 is 0 Å². The van der Waals surface area contributed by atoms with Crippen molar-refractivity contribution in [3.8, 4) is 0 Å². The van der Waals surface area contributed by atoms with E-state index < -0.39 is 0 Å². The van der Waals surface area contributed by atoms with Crippen LogP contribution in [0.25, 0.3) is 0 Å². The molecule has 0 aromatic heterocycles. The van der Waals surface area contributed by atoms with Crippen molar-refractivity contribution in [2.75, 3.05) is 0 Å². The van der Waals surface area contributed by atoms with E-state index in [0.717, 1.165) is 0 Å². The summed E-state index contributed by atoms with van der Waals surface area (Å²) in [7, 11) is 0. The Morgan fingerprint density at radius 1 is 1.13 bits per heavy atom. The van der Waals surface area contributed by atoms with Crippen molar-refractivity contribution in [1.82, 2.24) is 0 Å². The molecule has 0 bridgehead atoms. The Balaban J connectivity index is 2.01. The summed E-state index contributed by atoms with van der Waals surface area (Å²) in [5, 5.41) is 0. The highest BCUT2D eigenvalue weighted by Crippen LogP contribution is 2.20. The first-order valence-corrected chi connectivity index (χ1v) is 5.95. The fraction of sp³-hybridized carbons (Fsp3) is 0.500. The summed E-state index contributed by atoms with van der Waals surface area (Å²) in [4.78, 5) is 4.69. The van der Waals surface area contributed by atoms with Gasteiger partial charge in [0, 0.05) is 12.3 Å². The number of hydrogen-bond acceptors (Lipinski definition) is 1. The minimum absolute atomic E-state index is 0.582. The molecule has 0 N–H and O–H groups in total. The van der Waals surface area contributed by atoms with Crippen molar-refractivity contribution in [3.05, 3.63) is 35.4 Å². The van der Waals surface area contributed by atoms with Crippen molar-refractivity contribution in [1.29, 1.82) is 0 Å². The summed E-state index contributed by atoms with van der Waals surface area (Å²) < 4.78 is 0. The quantitative estimate of drug-likeness (QED) is 0.646. The highest BCUT2D eigenvalue weighted by atomic mass is 14.8. The average Bonchev–Trinajstić information content (AvgIpc) is 2.29. The Labute approximate surface area is 92.2 Å². The SMILES string of the molecule is Cc1ccccc1C=NC1CCCCC1. The van der Waals surface area contributed by atoms with E-state index in [4.69, 9.17) is 0 Å². The van der Waals surface area contributed by atoms with Crippen LogP contribution in [0, 0.1) is 6.92 Å². The fourth-order valence-corrected chi connectivity index (χ4v) is 2.15. The highest BCUT2D eigenvalue weighted by Gasteiger charge is 2.10. The molecule has 0 unspecified atom stereocenters. The molecule has 0 saturated heterocycles. The lowest BCUT2D eigenvalue weighted by Crippen LogP contribution is -2.09. The second-order valence-corrected chi connectivity index (χ2v) is 4.43. The van der Waals surface area contributed by atoms with Gasteiger partial charge in [0.1, 0.15) is 0 Å². The summed E-state index contributed by atoms with van der Waals surface area (Å²) in [6, 6.07) is 9.02. The van der Waals surface area contributed by atoms with Crippen molar-refractivity contribution >= 4 is 6.21 Å². The zero-order valence-corrected chi connectivity index (χ0v) is 9.45. The van der Waals surface area contributed by atoms with Crippen molar-refractivity contribution in [2.24, 2.45) is 4.99 Å². The van der Waals surface area contributed by atoms with Gasteiger partial charge in [-0.25, -0.2) is 0 Å². The maximum Gasteiger partial charge on any atom is 0.0499 e. The molecule has 1 aromatic carbocycles. The van der Waals surface area contributed by atoms with Gasteiger partial charge < -0.3 is 0 Å². The third-order valence-electron chi connectivity index (χ3n) is 3.19. The third-order valence-corrected chi connectivity index (χ3v) is 3.19. The van der Waals surface area contributed by atoms with E-state index in [-0.39, 0.29) is 0 Å². The summed E-state index contributed by atoms with van der Waals surface area (Å²) in [5.74, 6) is 0. The maximum absolute atomic E-state index is 4.69. The van der Waals surface area contributed by atoms with Crippen LogP contribution in [0.4, 0.5) is 0 Å². The zero-order valence-electron chi connectivity index (χ0n) is 9.45. The molecule has 0 amide bonds. The van der Waals surface area contributed by atoms with Gasteiger partial charge >= 0.3 is 0 Å². The van der Waals surface area contributed by atoms with Crippen LogP contribution in [-0.2, 0) is 0 Å². The molecule has 1 fully saturated rings. The van der Waals surface area contributed by atoms with E-state index >= 15 is 0 Å². The van der Waals surface area contributed by atoms with Gasteiger partial charge in [-0.1, -0.05) is 43.5 Å². The number of aliphatic imine (C=N–C) groups is 1. The highest BCUT2D eigenvalue weighted by molar-refractivity contribution is 5.81. The third kappa shape index (κ3) is 2.92. The van der Waals surface area contributed by atoms with Gasteiger partial charge in [-0.2, -0.15) is 0 Å². The predicted octanol–water partition coefficient (Wildman–Crippen LogP) is 3.75. The molecule has 1 heteroatoms. The van der Waals surface area contributed by atoms with Gasteiger partial charge in [-0.3, -0.25) is 4.99 Å². The summed E-state index contributed by atoms with van der Waals surface area (Å²) in [6.45, 7) is 2.14. The van der Waals surface area contributed by atoms with Gasteiger partial charge in [0.25, 0.3) is 0 Å². The number of benzene rings is 1. The number of rotatable bonds is 2. The van der Waals surface area contributed by atoms with E-state index in [2.05, 4.69) is 42.4 Å². The molecule has 0 atom stereocenters. The van der Waals surface area contributed by atoms with Gasteiger partial charge in [0.15, 0.2) is 0 Å². The van der Waals surface area contributed by atoms with Crippen LogP contribution in [-0.4, -0.2) is 12.3 Å². The summed E-state index contributed by atoms with van der Waals surface area (Å²) in [5.41, 5.74) is 2.58. The van der Waals surface area contributed by atoms with E-state index in [1.807, 2.05) is 0 Å². The normalized spacial score (nSPS) is 18.5. The summed E-state index contributed by atoms with van der Waals surface area (Å²) in [6.07, 6.45) is 8.73. The smallest absolute Gasteiger partial charge is 0.0499 e. The lowest BCUT2D eigenvalue weighted by Gasteiger charge is -2.17. The average molecular weight is 201 g/mol. The van der Waals surface area contributed by atoms with Crippen LogP contribution < -0.4 is 0 Å². The molecular weight excluding hydrogens is 182 g/mol. The Morgan fingerprint density at radius 2 is 1.87 bits per heavy atom. The molecular formula is C14H19N. The summed E-state index contributed by atoms with van der Waals surface area (Å²) >= 11 is 0. The first kappa shape index (κ1) is 10.4. The van der Waals surface area contributed by atoms with Crippen molar-refractivity contribution in [3.63, 3.8) is 0 Å². The Bertz CT molecular complexity index is 335. The first-order valence-electron chi connectivity index (χ1n) is 5.95. The van der Waals surface area contributed by atoms with Gasteiger partial charge in [0.2, 0.25) is 0 Å². The fourth-order valence-electron chi connectivity index (χ4n) is 2.15. The topological polar surface area (TPSA) is 12.4 Å². The van der Waals surface area contributed by atoms with Crippen LogP contribution in [0.3, 0.4) is 0 Å². The lowest BCUT2D eigenvalue weighted by atomic mass is 9.96. The van der Waals surface area contributed by atoms with E-state index in [1.54, 1.807) is 0 Å².